The molecule has 162 valence electrons. The average molecular weight is 437 g/mol. The summed E-state index contributed by atoms with van der Waals surface area (Å²) in [6.07, 6.45) is 3.13. The molecule has 2 aromatic carbocycles. The highest BCUT2D eigenvalue weighted by atomic mass is 32.2. The first-order valence-corrected chi connectivity index (χ1v) is 11.7. The number of carbonyl (C=O) groups excluding carboxylic acids is 1. The van der Waals surface area contributed by atoms with Crippen molar-refractivity contribution >= 4 is 17.7 Å². The molecule has 0 bridgehead atoms. The summed E-state index contributed by atoms with van der Waals surface area (Å²) >= 11 is 1.34. The van der Waals surface area contributed by atoms with Crippen LogP contribution in [-0.2, 0) is 17.8 Å². The quantitative estimate of drug-likeness (QED) is 0.575. The summed E-state index contributed by atoms with van der Waals surface area (Å²) in [4.78, 5) is 27.2. The molecular weight excluding hydrogens is 408 g/mol. The molecule has 31 heavy (non-hydrogen) atoms. The second-order valence-corrected chi connectivity index (χ2v) is 9.41. The summed E-state index contributed by atoms with van der Waals surface area (Å²) < 4.78 is 1.59. The van der Waals surface area contributed by atoms with Crippen molar-refractivity contribution < 1.29 is 4.79 Å². The molecule has 1 aliphatic heterocycles. The van der Waals surface area contributed by atoms with E-state index in [-0.39, 0.29) is 16.8 Å². The standard InChI is InChI=1S/C24H28N4O2S/c1-18(31-24-26-25-23(30)28(24)17-21-10-6-3-7-11-21)22(29)27-14-12-20(13-15-27)16-19-8-4-2-5-9-19/h2-11,18,20H,12-17H2,1H3,(H,25,30). The van der Waals surface area contributed by atoms with Gasteiger partial charge in [0.2, 0.25) is 5.91 Å². The Balaban J connectivity index is 1.33. The van der Waals surface area contributed by atoms with Gasteiger partial charge in [-0.2, -0.15) is 0 Å². The smallest absolute Gasteiger partial charge is 0.342 e. The summed E-state index contributed by atoms with van der Waals surface area (Å²) in [6, 6.07) is 20.3. The van der Waals surface area contributed by atoms with Crippen LogP contribution in [0, 0.1) is 5.92 Å². The minimum Gasteiger partial charge on any atom is -0.342 e. The molecule has 1 saturated heterocycles. The maximum atomic E-state index is 13.0. The third kappa shape index (κ3) is 5.47. The topological polar surface area (TPSA) is 71.0 Å². The van der Waals surface area contributed by atoms with Crippen molar-refractivity contribution in [3.63, 3.8) is 0 Å². The number of benzene rings is 2. The zero-order chi connectivity index (χ0) is 21.6. The second-order valence-electron chi connectivity index (χ2n) is 8.10. The molecule has 4 rings (SSSR count). The zero-order valence-corrected chi connectivity index (χ0v) is 18.6. The van der Waals surface area contributed by atoms with Crippen LogP contribution in [0.2, 0.25) is 0 Å². The van der Waals surface area contributed by atoms with E-state index in [0.29, 0.717) is 17.6 Å². The molecule has 0 aliphatic carbocycles. The Kier molecular flexibility index (Phi) is 6.92. The number of thioether (sulfide) groups is 1. The minimum atomic E-state index is -0.296. The number of piperidine rings is 1. The number of aromatic amines is 1. The van der Waals surface area contributed by atoms with Crippen LogP contribution < -0.4 is 5.69 Å². The lowest BCUT2D eigenvalue weighted by atomic mass is 9.90. The first kappa shape index (κ1) is 21.4. The summed E-state index contributed by atoms with van der Waals surface area (Å²) in [5.74, 6) is 0.738. The van der Waals surface area contributed by atoms with E-state index in [2.05, 4.69) is 34.5 Å². The van der Waals surface area contributed by atoms with E-state index in [9.17, 15) is 9.59 Å². The van der Waals surface area contributed by atoms with E-state index in [4.69, 9.17) is 0 Å². The first-order chi connectivity index (χ1) is 15.1. The van der Waals surface area contributed by atoms with Gasteiger partial charge in [0.25, 0.3) is 0 Å². The summed E-state index contributed by atoms with van der Waals surface area (Å²) in [6.45, 7) is 3.91. The molecule has 3 aromatic rings. The predicted octanol–water partition coefficient (Wildman–Crippen LogP) is 3.58. The molecule has 1 atom stereocenters. The van der Waals surface area contributed by atoms with Gasteiger partial charge in [-0.25, -0.2) is 9.89 Å². The van der Waals surface area contributed by atoms with E-state index < -0.39 is 0 Å². The fourth-order valence-corrected chi connectivity index (χ4v) is 5.01. The van der Waals surface area contributed by atoms with Gasteiger partial charge in [-0.05, 0) is 43.2 Å². The van der Waals surface area contributed by atoms with Gasteiger partial charge in [-0.15, -0.1) is 5.10 Å². The van der Waals surface area contributed by atoms with Crippen molar-refractivity contribution in [2.75, 3.05) is 13.1 Å². The number of hydrogen-bond donors (Lipinski definition) is 1. The highest BCUT2D eigenvalue weighted by Crippen LogP contribution is 2.26. The number of likely N-dealkylation sites (tertiary alicyclic amines) is 1. The Labute approximate surface area is 186 Å². The van der Waals surface area contributed by atoms with Crippen molar-refractivity contribution in [2.24, 2.45) is 5.92 Å². The van der Waals surface area contributed by atoms with E-state index in [1.54, 1.807) is 4.57 Å². The third-order valence-corrected chi connectivity index (χ3v) is 6.91. The molecule has 7 heteroatoms. The Hall–Kier alpha value is -2.80. The monoisotopic (exact) mass is 436 g/mol. The SMILES string of the molecule is CC(Sc1n[nH]c(=O)n1Cc1ccccc1)C(=O)N1CCC(Cc2ccccc2)CC1. The molecule has 1 N–H and O–H groups in total. The molecule has 1 fully saturated rings. The minimum absolute atomic E-state index is 0.116. The molecule has 6 nitrogen and oxygen atoms in total. The Morgan fingerprint density at radius 3 is 2.32 bits per heavy atom. The van der Waals surface area contributed by atoms with Crippen LogP contribution in [-0.4, -0.2) is 43.9 Å². The van der Waals surface area contributed by atoms with Crippen LogP contribution in [0.25, 0.3) is 0 Å². The number of aromatic nitrogens is 3. The van der Waals surface area contributed by atoms with Crippen molar-refractivity contribution in [1.82, 2.24) is 19.7 Å². The van der Waals surface area contributed by atoms with Crippen LogP contribution in [0.1, 0.15) is 30.9 Å². The number of nitrogens with one attached hydrogen (secondary N) is 1. The fourth-order valence-electron chi connectivity index (χ4n) is 4.07. The highest BCUT2D eigenvalue weighted by molar-refractivity contribution is 8.00. The van der Waals surface area contributed by atoms with Gasteiger partial charge in [0.05, 0.1) is 11.8 Å². The van der Waals surface area contributed by atoms with E-state index in [1.165, 1.54) is 17.3 Å². The summed E-state index contributed by atoms with van der Waals surface area (Å²) in [7, 11) is 0. The van der Waals surface area contributed by atoms with Crippen LogP contribution >= 0.6 is 11.8 Å². The van der Waals surface area contributed by atoms with Crippen molar-refractivity contribution in [2.45, 2.75) is 43.1 Å². The van der Waals surface area contributed by atoms with Crippen molar-refractivity contribution in [3.05, 3.63) is 82.3 Å². The molecular formula is C24H28N4O2S. The number of hydrogen-bond acceptors (Lipinski definition) is 4. The predicted molar refractivity (Wildman–Crippen MR) is 123 cm³/mol. The van der Waals surface area contributed by atoms with Crippen LogP contribution in [0.15, 0.2) is 70.6 Å². The molecule has 0 spiro atoms. The van der Waals surface area contributed by atoms with Gasteiger partial charge in [-0.3, -0.25) is 9.36 Å². The summed E-state index contributed by atoms with van der Waals surface area (Å²) in [5, 5.41) is 6.93. The van der Waals surface area contributed by atoms with E-state index >= 15 is 0 Å². The van der Waals surface area contributed by atoms with Gasteiger partial charge in [0.15, 0.2) is 5.16 Å². The lowest BCUT2D eigenvalue weighted by molar-refractivity contribution is -0.131. The first-order valence-electron chi connectivity index (χ1n) is 10.8. The van der Waals surface area contributed by atoms with Gasteiger partial charge >= 0.3 is 5.69 Å². The maximum Gasteiger partial charge on any atom is 0.344 e. The molecule has 0 radical (unpaired) electrons. The molecule has 1 aromatic heterocycles. The Bertz CT molecular complexity index is 1040. The second kappa shape index (κ2) is 10.0. The van der Waals surface area contributed by atoms with E-state index in [0.717, 1.165) is 37.9 Å². The van der Waals surface area contributed by atoms with Crippen LogP contribution in [0.5, 0.6) is 0 Å². The molecule has 0 saturated carbocycles. The van der Waals surface area contributed by atoms with Crippen molar-refractivity contribution in [3.8, 4) is 0 Å². The number of rotatable bonds is 7. The normalized spacial score (nSPS) is 15.7. The van der Waals surface area contributed by atoms with Crippen LogP contribution in [0.4, 0.5) is 0 Å². The van der Waals surface area contributed by atoms with Crippen LogP contribution in [0.3, 0.4) is 0 Å². The Morgan fingerprint density at radius 2 is 1.68 bits per heavy atom. The zero-order valence-electron chi connectivity index (χ0n) is 17.7. The molecule has 1 aliphatic rings. The van der Waals surface area contributed by atoms with Gasteiger partial charge in [0.1, 0.15) is 0 Å². The van der Waals surface area contributed by atoms with E-state index in [1.807, 2.05) is 48.2 Å². The molecule has 1 amide bonds. The van der Waals surface area contributed by atoms with Gasteiger partial charge in [0, 0.05) is 13.1 Å². The maximum absolute atomic E-state index is 13.0. The lowest BCUT2D eigenvalue weighted by Crippen LogP contribution is -2.42. The average Bonchev–Trinajstić information content (AvgIpc) is 3.14. The third-order valence-electron chi connectivity index (χ3n) is 5.83. The van der Waals surface area contributed by atoms with Crippen molar-refractivity contribution in [1.29, 1.82) is 0 Å². The largest absolute Gasteiger partial charge is 0.344 e. The molecule has 1 unspecified atom stereocenters. The Morgan fingerprint density at radius 1 is 1.06 bits per heavy atom. The molecule has 2 heterocycles. The lowest BCUT2D eigenvalue weighted by Gasteiger charge is -2.33. The van der Waals surface area contributed by atoms with Gasteiger partial charge in [-0.1, -0.05) is 72.4 Å². The number of carbonyl (C=O) groups is 1. The summed E-state index contributed by atoms with van der Waals surface area (Å²) in [5.41, 5.74) is 2.13. The van der Waals surface area contributed by atoms with Gasteiger partial charge < -0.3 is 4.90 Å². The number of H-pyrrole nitrogens is 1. The fraction of sp³-hybridized carbons (Fsp3) is 0.375. The highest BCUT2D eigenvalue weighted by Gasteiger charge is 2.28. The number of nitrogens with zero attached hydrogens (tertiary/aromatic N) is 3. The number of amides is 1.